The van der Waals surface area contributed by atoms with Gasteiger partial charge in [-0.2, -0.15) is 0 Å². The van der Waals surface area contributed by atoms with Crippen LogP contribution in [0.15, 0.2) is 59.1 Å². The molecule has 3 aromatic rings. The number of hydrogen-bond donors (Lipinski definition) is 0. The first-order chi connectivity index (χ1) is 10.3. The molecule has 5 heteroatoms. The molecule has 1 N–H and O–H groups in total. The second-order valence-corrected chi connectivity index (χ2v) is 4.62. The van der Waals surface area contributed by atoms with E-state index in [0.29, 0.717) is 12.2 Å². The van der Waals surface area contributed by atoms with Crippen LogP contribution in [0.5, 0.6) is 5.75 Å². The van der Waals surface area contributed by atoms with Crippen molar-refractivity contribution < 1.29 is 13.9 Å². The van der Waals surface area contributed by atoms with Crippen LogP contribution in [-0.2, 0) is 6.54 Å². The fourth-order valence-electron chi connectivity index (χ4n) is 2.18. The Morgan fingerprint density at radius 1 is 1.10 bits per heavy atom. The predicted molar refractivity (Wildman–Crippen MR) is 78.2 cm³/mol. The second kappa shape index (κ2) is 5.66. The van der Waals surface area contributed by atoms with Gasteiger partial charge in [-0.3, -0.25) is 0 Å². The maximum Gasteiger partial charge on any atom is 0.265 e. The second-order valence-electron chi connectivity index (χ2n) is 4.62. The van der Waals surface area contributed by atoms with Crippen LogP contribution in [-0.4, -0.2) is 12.4 Å². The molecule has 0 spiro atoms. The number of aromatic nitrogens is 2. The zero-order chi connectivity index (χ0) is 14.7. The van der Waals surface area contributed by atoms with Crippen LogP contribution in [0, 0.1) is 0 Å². The van der Waals surface area contributed by atoms with Gasteiger partial charge in [0.2, 0.25) is 6.54 Å². The van der Waals surface area contributed by atoms with E-state index in [1.165, 1.54) is 0 Å². The summed E-state index contributed by atoms with van der Waals surface area (Å²) >= 11 is 0. The van der Waals surface area contributed by atoms with Crippen LogP contribution in [0.1, 0.15) is 5.56 Å². The largest absolute Gasteiger partial charge is 0.660 e. The zero-order valence-electron chi connectivity index (χ0n) is 11.6. The van der Waals surface area contributed by atoms with Crippen molar-refractivity contribution in [3.05, 3.63) is 65.9 Å². The molecule has 0 saturated heterocycles. The molecule has 0 fully saturated rings. The monoisotopic (exact) mass is 281 g/mol. The molecule has 21 heavy (non-hydrogen) atoms. The third-order valence-electron chi connectivity index (χ3n) is 3.24. The lowest BCUT2D eigenvalue weighted by atomic mass is 10.1. The molecule has 5 nitrogen and oxygen atoms in total. The van der Waals surface area contributed by atoms with E-state index >= 15 is 0 Å². The molecule has 0 saturated carbocycles. The predicted octanol–water partition coefficient (Wildman–Crippen LogP) is 3.37. The van der Waals surface area contributed by atoms with Crippen molar-refractivity contribution in [2.24, 2.45) is 0 Å². The van der Waals surface area contributed by atoms with Gasteiger partial charge in [0.15, 0.2) is 5.27 Å². The highest BCUT2D eigenvalue weighted by Crippen LogP contribution is 2.27. The van der Waals surface area contributed by atoms with E-state index < -0.39 is 0 Å². The summed E-state index contributed by atoms with van der Waals surface area (Å²) in [4.78, 5) is 0. The van der Waals surface area contributed by atoms with Gasteiger partial charge < -0.3 is 15.0 Å². The van der Waals surface area contributed by atoms with Crippen LogP contribution in [0.25, 0.3) is 17.0 Å². The minimum atomic E-state index is 0.0519. The van der Waals surface area contributed by atoms with Gasteiger partial charge in [0.25, 0.3) is 5.69 Å². The molecule has 2 aromatic carbocycles. The van der Waals surface area contributed by atoms with E-state index in [1.54, 1.807) is 11.8 Å². The van der Waals surface area contributed by atoms with Gasteiger partial charge in [0, 0.05) is 5.56 Å². The molecule has 0 aliphatic rings. The first-order valence-electron chi connectivity index (χ1n) is 6.57. The summed E-state index contributed by atoms with van der Waals surface area (Å²) in [6.45, 7) is 0.560. The highest BCUT2D eigenvalue weighted by molar-refractivity contribution is 5.67. The van der Waals surface area contributed by atoms with Crippen LogP contribution in [0.4, 0.5) is 5.88 Å². The molecular weight excluding hydrogens is 266 g/mol. The zero-order valence-corrected chi connectivity index (χ0v) is 11.6. The third kappa shape index (κ3) is 2.72. The smallest absolute Gasteiger partial charge is 0.265 e. The fourth-order valence-corrected chi connectivity index (χ4v) is 2.18. The number of methoxy groups -OCH3 is 1. The van der Waals surface area contributed by atoms with Gasteiger partial charge in [-0.15, -0.1) is 0 Å². The lowest BCUT2D eigenvalue weighted by Gasteiger charge is -2.02. The Hall–Kier alpha value is -2.82. The average molecular weight is 281 g/mol. The molecule has 0 aliphatic carbocycles. The Morgan fingerprint density at radius 2 is 1.81 bits per heavy atom. The van der Waals surface area contributed by atoms with E-state index in [9.17, 15) is 0 Å². The van der Waals surface area contributed by atoms with Crippen LogP contribution in [0.2, 0.25) is 0 Å². The summed E-state index contributed by atoms with van der Waals surface area (Å²) < 4.78 is 11.9. The van der Waals surface area contributed by atoms with Crippen LogP contribution in [0.3, 0.4) is 0 Å². The summed E-state index contributed by atoms with van der Waals surface area (Å²) in [7, 11) is 1.62. The Morgan fingerprint density at radius 3 is 2.48 bits per heavy atom. The Labute approximate surface area is 122 Å². The standard InChI is InChI=1S/C16H15N3O2/c1-20-14-9-7-13(8-10-14)15-16(17)21-18-19(15)11-12-5-3-2-4-6-12/h2-10,17H,11H2,1H3. The molecule has 106 valence electrons. The number of rotatable bonds is 4. The van der Waals surface area contributed by atoms with Crippen molar-refractivity contribution in [3.8, 4) is 17.0 Å². The van der Waals surface area contributed by atoms with E-state index in [-0.39, 0.29) is 5.88 Å². The van der Waals surface area contributed by atoms with Gasteiger partial charge in [0.1, 0.15) is 11.6 Å². The topological polar surface area (TPSA) is 62.9 Å². The number of nitrogens with zero attached hydrogens (tertiary/aromatic N) is 2. The highest BCUT2D eigenvalue weighted by atomic mass is 16.5. The first kappa shape index (κ1) is 13.2. The number of benzene rings is 2. The summed E-state index contributed by atoms with van der Waals surface area (Å²) in [6.07, 6.45) is 0. The number of nitrogens with one attached hydrogen (secondary N) is 1. The molecule has 0 atom stereocenters. The van der Waals surface area contributed by atoms with E-state index in [4.69, 9.17) is 15.0 Å². The van der Waals surface area contributed by atoms with Crippen LogP contribution >= 0.6 is 0 Å². The molecule has 0 radical (unpaired) electrons. The average Bonchev–Trinajstić information content (AvgIpc) is 2.89. The van der Waals surface area contributed by atoms with Gasteiger partial charge in [-0.05, 0) is 28.9 Å². The maximum atomic E-state index is 7.91. The molecule has 3 rings (SSSR count). The molecule has 0 bridgehead atoms. The summed E-state index contributed by atoms with van der Waals surface area (Å²) in [5.74, 6) is 0.826. The minimum absolute atomic E-state index is 0.0519. The maximum absolute atomic E-state index is 7.91. The minimum Gasteiger partial charge on any atom is -0.660 e. The fraction of sp³-hybridized carbons (Fsp3) is 0.125. The van der Waals surface area contributed by atoms with Gasteiger partial charge >= 0.3 is 0 Å². The van der Waals surface area contributed by atoms with Gasteiger partial charge in [-0.25, -0.2) is 0 Å². The highest BCUT2D eigenvalue weighted by Gasteiger charge is 2.21. The van der Waals surface area contributed by atoms with Crippen molar-refractivity contribution in [3.63, 3.8) is 0 Å². The number of hydrogen-bond acceptors (Lipinski definition) is 3. The molecule has 0 aliphatic heterocycles. The SMILES string of the molecule is COc1ccc(-c2c([NH-])on[n+]2Cc2ccccc2)cc1. The van der Waals surface area contributed by atoms with Gasteiger partial charge in [0.05, 0.1) is 12.7 Å². The third-order valence-corrected chi connectivity index (χ3v) is 3.24. The van der Waals surface area contributed by atoms with Crippen molar-refractivity contribution in [1.82, 2.24) is 5.27 Å². The Bertz CT molecular complexity index is 721. The lowest BCUT2D eigenvalue weighted by Crippen LogP contribution is -2.37. The van der Waals surface area contributed by atoms with E-state index in [0.717, 1.165) is 16.9 Å². The van der Waals surface area contributed by atoms with E-state index in [1.807, 2.05) is 54.6 Å². The lowest BCUT2D eigenvalue weighted by molar-refractivity contribution is -0.745. The summed E-state index contributed by atoms with van der Waals surface area (Å²) in [5.41, 5.74) is 10.5. The van der Waals surface area contributed by atoms with Crippen LogP contribution < -0.4 is 9.42 Å². The molecule has 0 amide bonds. The first-order valence-corrected chi connectivity index (χ1v) is 6.57. The van der Waals surface area contributed by atoms with Crippen molar-refractivity contribution >= 4 is 5.88 Å². The quantitative estimate of drug-likeness (QED) is 0.689. The summed E-state index contributed by atoms with van der Waals surface area (Å²) in [6, 6.07) is 17.5. The normalized spacial score (nSPS) is 10.5. The molecule has 1 heterocycles. The molecular formula is C16H15N3O2. The van der Waals surface area contributed by atoms with Crippen molar-refractivity contribution in [1.29, 1.82) is 0 Å². The number of ether oxygens (including phenoxy) is 1. The molecule has 1 aromatic heterocycles. The molecule has 0 unspecified atom stereocenters. The van der Waals surface area contributed by atoms with Crippen molar-refractivity contribution in [2.75, 3.05) is 7.11 Å². The Kier molecular flexibility index (Phi) is 3.55. The summed E-state index contributed by atoms with van der Waals surface area (Å²) in [5, 5.41) is 3.95. The van der Waals surface area contributed by atoms with E-state index in [2.05, 4.69) is 5.27 Å². The van der Waals surface area contributed by atoms with Crippen molar-refractivity contribution in [2.45, 2.75) is 6.54 Å². The van der Waals surface area contributed by atoms with Gasteiger partial charge in [-0.1, -0.05) is 30.3 Å². The Balaban J connectivity index is 1.96.